The Hall–Kier alpha value is -5.69. The van der Waals surface area contributed by atoms with Crippen LogP contribution in [0.25, 0.3) is 10.9 Å². The number of aromatic nitrogens is 3. The fourth-order valence-electron chi connectivity index (χ4n) is 8.93. The third-order valence-corrected chi connectivity index (χ3v) is 12.1. The summed E-state index contributed by atoms with van der Waals surface area (Å²) in [6.07, 6.45) is 4.00. The van der Waals surface area contributed by atoms with Crippen LogP contribution in [0.3, 0.4) is 0 Å². The Bertz CT molecular complexity index is 2180. The molecule has 2 aromatic carbocycles. The van der Waals surface area contributed by atoms with E-state index in [9.17, 15) is 27.6 Å². The van der Waals surface area contributed by atoms with Gasteiger partial charge in [0.05, 0.1) is 34.5 Å². The molecule has 0 atom stereocenters. The van der Waals surface area contributed by atoms with Crippen molar-refractivity contribution in [2.24, 2.45) is 5.92 Å². The zero-order valence-corrected chi connectivity index (χ0v) is 32.1. The highest BCUT2D eigenvalue weighted by molar-refractivity contribution is 6.09. The number of imide groups is 1. The molecule has 8 rings (SSSR count). The molecular formula is C42H46F3N9O4. The number of benzene rings is 2. The Morgan fingerprint density at radius 1 is 0.914 bits per heavy atom. The number of likely N-dealkylation sites (tertiary alicyclic amines) is 1. The van der Waals surface area contributed by atoms with Crippen LogP contribution in [0.4, 0.5) is 29.5 Å². The van der Waals surface area contributed by atoms with Crippen molar-refractivity contribution in [2.75, 3.05) is 49.1 Å². The number of hydrogen-bond donors (Lipinski definition) is 2. The maximum Gasteiger partial charge on any atom is 0.417 e. The first-order valence-electron chi connectivity index (χ1n) is 20.1. The van der Waals surface area contributed by atoms with Crippen LogP contribution in [0.15, 0.2) is 60.8 Å². The molecule has 5 heterocycles. The van der Waals surface area contributed by atoms with Crippen molar-refractivity contribution in [1.29, 1.82) is 5.26 Å². The zero-order chi connectivity index (χ0) is 40.4. The average Bonchev–Trinajstić information content (AvgIpc) is 3.67. The van der Waals surface area contributed by atoms with Gasteiger partial charge < -0.3 is 24.4 Å². The Morgan fingerprint density at radius 3 is 2.38 bits per heavy atom. The minimum atomic E-state index is -4.65. The summed E-state index contributed by atoms with van der Waals surface area (Å²) < 4.78 is 48.3. The highest BCUT2D eigenvalue weighted by atomic mass is 19.4. The van der Waals surface area contributed by atoms with E-state index in [1.54, 1.807) is 17.0 Å². The van der Waals surface area contributed by atoms with Gasteiger partial charge in [0.25, 0.3) is 5.91 Å². The van der Waals surface area contributed by atoms with Gasteiger partial charge in [0, 0.05) is 69.4 Å². The summed E-state index contributed by atoms with van der Waals surface area (Å²) in [6.45, 7) is 5.22. The summed E-state index contributed by atoms with van der Waals surface area (Å²) in [5.74, 6) is 0.860. The first kappa shape index (κ1) is 39.2. The smallest absolute Gasteiger partial charge is 0.417 e. The lowest BCUT2D eigenvalue weighted by Gasteiger charge is -2.38. The van der Waals surface area contributed by atoms with Crippen LogP contribution < -0.4 is 25.2 Å². The number of hydrogen-bond acceptors (Lipinski definition) is 9. The normalized spacial score (nSPS) is 21.5. The molecule has 4 aromatic rings. The summed E-state index contributed by atoms with van der Waals surface area (Å²) in [5.41, 5.74) is 0.714. The SMILES string of the molecule is N#Cc1ccc(OC2CCC(NC(=O)c3ccc(N4CCC(CN5CCC(n6ccc7c(N8CCC(=O)NC8=O)cccc76)CC5)CC4)nn3)CC2)cc1C(F)(F)F. The van der Waals surface area contributed by atoms with Crippen molar-refractivity contribution in [1.82, 2.24) is 30.3 Å². The number of nitriles is 1. The molecule has 1 aliphatic carbocycles. The van der Waals surface area contributed by atoms with E-state index in [-0.39, 0.29) is 41.4 Å². The van der Waals surface area contributed by atoms with Gasteiger partial charge in [-0.3, -0.25) is 19.8 Å². The fourth-order valence-corrected chi connectivity index (χ4v) is 8.93. The lowest BCUT2D eigenvalue weighted by atomic mass is 9.92. The third-order valence-electron chi connectivity index (χ3n) is 12.1. The Morgan fingerprint density at radius 2 is 1.69 bits per heavy atom. The Labute approximate surface area is 334 Å². The third kappa shape index (κ3) is 8.59. The van der Waals surface area contributed by atoms with Crippen LogP contribution in [0.2, 0.25) is 0 Å². The van der Waals surface area contributed by atoms with E-state index in [0.717, 1.165) is 92.9 Å². The number of amides is 4. The zero-order valence-electron chi connectivity index (χ0n) is 32.1. The van der Waals surface area contributed by atoms with E-state index < -0.39 is 17.3 Å². The first-order valence-corrected chi connectivity index (χ1v) is 20.1. The van der Waals surface area contributed by atoms with Crippen molar-refractivity contribution >= 4 is 40.3 Å². The lowest BCUT2D eigenvalue weighted by Crippen LogP contribution is -2.49. The van der Waals surface area contributed by atoms with Gasteiger partial charge in [-0.1, -0.05) is 6.07 Å². The van der Waals surface area contributed by atoms with Crippen molar-refractivity contribution in [3.05, 3.63) is 77.6 Å². The molecule has 304 valence electrons. The second-order valence-corrected chi connectivity index (χ2v) is 15.8. The standard InChI is InChI=1S/C42H46F3N9O4/c43-42(44,45)34-24-32(7-4-28(34)25-46)58-31-8-5-29(6-9-31)47-40(56)35-10-11-38(50-49-35)52-20-12-27(13-21-52)26-51-18-14-30(15-19-51)53-22-16-33-36(53)2-1-3-37(33)54-23-17-39(55)48-41(54)57/h1-4,7,10-11,16,22,24,27,29-31H,5-6,8-9,12-15,17-21,23,26H2,(H,47,56)(H,48,55,57). The first-order chi connectivity index (χ1) is 28.0. The summed E-state index contributed by atoms with van der Waals surface area (Å²) in [4.78, 5) is 43.7. The molecule has 0 spiro atoms. The van der Waals surface area contributed by atoms with Crippen LogP contribution in [0, 0.1) is 17.2 Å². The number of anilines is 2. The largest absolute Gasteiger partial charge is 0.490 e. The van der Waals surface area contributed by atoms with E-state index >= 15 is 0 Å². The van der Waals surface area contributed by atoms with E-state index in [4.69, 9.17) is 10.00 Å². The molecule has 4 aliphatic rings. The second kappa shape index (κ2) is 16.7. The summed E-state index contributed by atoms with van der Waals surface area (Å²) >= 11 is 0. The fraction of sp³-hybridized carbons (Fsp3) is 0.476. The predicted molar refractivity (Wildman–Crippen MR) is 209 cm³/mol. The Kier molecular flexibility index (Phi) is 11.2. The van der Waals surface area contributed by atoms with Gasteiger partial charge in [-0.2, -0.15) is 18.4 Å². The molecule has 3 saturated heterocycles. The topological polar surface area (TPSA) is 149 Å². The number of halogens is 3. The number of piperidine rings is 2. The monoisotopic (exact) mass is 797 g/mol. The van der Waals surface area contributed by atoms with Gasteiger partial charge in [-0.05, 0) is 106 Å². The van der Waals surface area contributed by atoms with E-state index in [1.165, 1.54) is 6.07 Å². The van der Waals surface area contributed by atoms with Crippen LogP contribution in [0.5, 0.6) is 5.75 Å². The van der Waals surface area contributed by atoms with Crippen LogP contribution in [-0.4, -0.2) is 88.9 Å². The number of carbonyl (C=O) groups is 3. The Balaban J connectivity index is 0.759. The quantitative estimate of drug-likeness (QED) is 0.195. The number of nitrogens with one attached hydrogen (secondary N) is 2. The molecule has 0 unspecified atom stereocenters. The number of carbonyl (C=O) groups excluding carboxylic acids is 3. The molecule has 2 aromatic heterocycles. The molecule has 13 nitrogen and oxygen atoms in total. The molecule has 16 heteroatoms. The molecule has 4 fully saturated rings. The number of fused-ring (bicyclic) bond motifs is 1. The number of rotatable bonds is 9. The number of urea groups is 1. The van der Waals surface area contributed by atoms with Gasteiger partial charge in [-0.25, -0.2) is 4.79 Å². The molecule has 58 heavy (non-hydrogen) atoms. The van der Waals surface area contributed by atoms with Crippen molar-refractivity contribution in [2.45, 2.75) is 82.2 Å². The number of alkyl halides is 3. The molecule has 0 radical (unpaired) electrons. The highest BCUT2D eigenvalue weighted by Crippen LogP contribution is 2.36. The van der Waals surface area contributed by atoms with Gasteiger partial charge >= 0.3 is 12.2 Å². The number of ether oxygens (including phenoxy) is 1. The summed E-state index contributed by atoms with van der Waals surface area (Å²) in [7, 11) is 0. The molecule has 2 N–H and O–H groups in total. The predicted octanol–water partition coefficient (Wildman–Crippen LogP) is 6.44. The van der Waals surface area contributed by atoms with Crippen LogP contribution in [-0.2, 0) is 11.0 Å². The van der Waals surface area contributed by atoms with Crippen molar-refractivity contribution < 1.29 is 32.3 Å². The van der Waals surface area contributed by atoms with Crippen LogP contribution in [0.1, 0.15) is 85.4 Å². The van der Waals surface area contributed by atoms with Crippen molar-refractivity contribution in [3.8, 4) is 11.8 Å². The molecule has 3 aliphatic heterocycles. The van der Waals surface area contributed by atoms with Crippen molar-refractivity contribution in [3.63, 3.8) is 0 Å². The van der Waals surface area contributed by atoms with E-state index in [2.05, 4.69) is 53.5 Å². The molecule has 1 saturated carbocycles. The lowest BCUT2D eigenvalue weighted by molar-refractivity contribution is -0.138. The van der Waals surface area contributed by atoms with E-state index in [1.807, 2.05) is 18.2 Å². The van der Waals surface area contributed by atoms with Crippen LogP contribution >= 0.6 is 0 Å². The minimum Gasteiger partial charge on any atom is -0.490 e. The highest BCUT2D eigenvalue weighted by Gasteiger charge is 2.35. The second-order valence-electron chi connectivity index (χ2n) is 15.8. The average molecular weight is 798 g/mol. The molecular weight excluding hydrogens is 752 g/mol. The van der Waals surface area contributed by atoms with Gasteiger partial charge in [0.2, 0.25) is 5.91 Å². The summed E-state index contributed by atoms with van der Waals surface area (Å²) in [5, 5.41) is 24.1. The minimum absolute atomic E-state index is 0.0714. The number of nitrogens with zero attached hydrogens (tertiary/aromatic N) is 7. The van der Waals surface area contributed by atoms with Gasteiger partial charge in [0.15, 0.2) is 11.5 Å². The molecule has 0 bridgehead atoms. The summed E-state index contributed by atoms with van der Waals surface area (Å²) in [6, 6.07) is 16.5. The molecule has 4 amide bonds. The maximum atomic E-state index is 13.4. The maximum absolute atomic E-state index is 13.4. The van der Waals surface area contributed by atoms with Gasteiger partial charge in [-0.15, -0.1) is 10.2 Å². The van der Waals surface area contributed by atoms with Gasteiger partial charge in [0.1, 0.15) is 5.75 Å². The van der Waals surface area contributed by atoms with E-state index in [0.29, 0.717) is 50.6 Å².